The molecule has 0 bridgehead atoms. The fraction of sp³-hybridized carbons (Fsp3) is 0.0526. The van der Waals surface area contributed by atoms with Crippen molar-refractivity contribution in [1.82, 2.24) is 10.2 Å². The third-order valence-electron chi connectivity index (χ3n) is 3.89. The maximum atomic E-state index is 4.27. The van der Waals surface area contributed by atoms with Gasteiger partial charge in [-0.2, -0.15) is 10.2 Å². The summed E-state index contributed by atoms with van der Waals surface area (Å²) in [6.45, 7) is 1.98. The Morgan fingerprint density at radius 1 is 0.727 bits per heavy atom. The number of anilines is 2. The summed E-state index contributed by atoms with van der Waals surface area (Å²) in [5.74, 6) is 0. The van der Waals surface area contributed by atoms with E-state index in [1.807, 2.05) is 25.1 Å². The molecule has 0 saturated carbocycles. The lowest BCUT2D eigenvalue weighted by atomic mass is 10.1. The second-order valence-corrected chi connectivity index (χ2v) is 5.33. The molecule has 0 radical (unpaired) electrons. The van der Waals surface area contributed by atoms with E-state index >= 15 is 0 Å². The van der Waals surface area contributed by atoms with Crippen molar-refractivity contribution in [3.8, 4) is 0 Å². The zero-order chi connectivity index (χ0) is 14.9. The number of rotatable bonds is 2. The fourth-order valence-corrected chi connectivity index (χ4v) is 2.77. The van der Waals surface area contributed by atoms with E-state index in [0.717, 1.165) is 28.0 Å². The Labute approximate surface area is 128 Å². The van der Waals surface area contributed by atoms with Crippen LogP contribution in [0.5, 0.6) is 0 Å². The molecule has 0 unspecified atom stereocenters. The number of nitrogens with zero attached hydrogens (tertiary/aromatic N) is 2. The smallest absolute Gasteiger partial charge is 0.0950 e. The Bertz CT molecular complexity index is 971. The van der Waals surface area contributed by atoms with Crippen molar-refractivity contribution in [3.05, 3.63) is 72.4 Å². The van der Waals surface area contributed by atoms with Gasteiger partial charge in [0.1, 0.15) is 0 Å². The first kappa shape index (κ1) is 12.8. The minimum absolute atomic E-state index is 0.895. The monoisotopic (exact) mass is 285 g/mol. The van der Waals surface area contributed by atoms with Crippen LogP contribution in [0.25, 0.3) is 21.7 Å². The van der Waals surface area contributed by atoms with E-state index in [4.69, 9.17) is 0 Å². The van der Waals surface area contributed by atoms with Crippen LogP contribution in [0.15, 0.2) is 66.7 Å². The first-order chi connectivity index (χ1) is 10.8. The molecule has 0 aliphatic rings. The van der Waals surface area contributed by atoms with E-state index < -0.39 is 0 Å². The quantitative estimate of drug-likeness (QED) is 0.573. The van der Waals surface area contributed by atoms with Gasteiger partial charge < -0.3 is 5.32 Å². The summed E-state index contributed by atoms with van der Waals surface area (Å²) < 4.78 is 0. The molecule has 0 spiro atoms. The van der Waals surface area contributed by atoms with Gasteiger partial charge in [-0.1, -0.05) is 54.6 Å². The van der Waals surface area contributed by atoms with E-state index in [2.05, 4.69) is 64.0 Å². The molecule has 22 heavy (non-hydrogen) atoms. The van der Waals surface area contributed by atoms with Gasteiger partial charge in [0.05, 0.1) is 16.9 Å². The summed E-state index contributed by atoms with van der Waals surface area (Å²) in [6.07, 6.45) is 0. The maximum Gasteiger partial charge on any atom is 0.0950 e. The van der Waals surface area contributed by atoms with Crippen LogP contribution in [-0.4, -0.2) is 10.2 Å². The first-order valence-electron chi connectivity index (χ1n) is 7.30. The normalized spacial score (nSPS) is 11.0. The van der Waals surface area contributed by atoms with Crippen LogP contribution in [0.2, 0.25) is 0 Å². The number of nitrogens with one attached hydrogen (secondary N) is 1. The molecule has 1 heterocycles. The molecule has 3 aromatic carbocycles. The van der Waals surface area contributed by atoms with Crippen LogP contribution in [0, 0.1) is 6.92 Å². The molecular formula is C19H15N3. The van der Waals surface area contributed by atoms with E-state index in [1.165, 1.54) is 10.8 Å². The van der Waals surface area contributed by atoms with Gasteiger partial charge in [0.15, 0.2) is 0 Å². The van der Waals surface area contributed by atoms with Crippen LogP contribution in [0.4, 0.5) is 11.4 Å². The number of hydrogen-bond acceptors (Lipinski definition) is 3. The van der Waals surface area contributed by atoms with Crippen LogP contribution in [0.1, 0.15) is 5.69 Å². The Hall–Kier alpha value is -2.94. The Morgan fingerprint density at radius 3 is 2.36 bits per heavy atom. The zero-order valence-electron chi connectivity index (χ0n) is 12.2. The average molecular weight is 285 g/mol. The molecule has 0 atom stereocenters. The topological polar surface area (TPSA) is 37.8 Å². The van der Waals surface area contributed by atoms with Crippen LogP contribution in [-0.2, 0) is 0 Å². The molecule has 0 aliphatic heterocycles. The molecule has 3 heteroatoms. The molecule has 0 saturated heterocycles. The van der Waals surface area contributed by atoms with Gasteiger partial charge in [-0.3, -0.25) is 0 Å². The van der Waals surface area contributed by atoms with Gasteiger partial charge in [-0.05, 0) is 24.4 Å². The Balaban J connectivity index is 1.91. The molecule has 4 aromatic rings. The summed E-state index contributed by atoms with van der Waals surface area (Å²) >= 11 is 0. The lowest BCUT2D eigenvalue weighted by Crippen LogP contribution is -1.99. The predicted octanol–water partition coefficient (Wildman–Crippen LogP) is 4.84. The van der Waals surface area contributed by atoms with Crippen LogP contribution >= 0.6 is 0 Å². The zero-order valence-corrected chi connectivity index (χ0v) is 12.2. The molecule has 0 amide bonds. The summed E-state index contributed by atoms with van der Waals surface area (Å²) in [6, 6.07) is 22.7. The van der Waals surface area contributed by atoms with E-state index in [1.54, 1.807) is 0 Å². The SMILES string of the molecule is Cc1nnc2ccccc2c1Nc1cccc2ccccc12. The maximum absolute atomic E-state index is 4.27. The molecular weight excluding hydrogens is 270 g/mol. The standard InChI is InChI=1S/C19H15N3/c1-13-19(16-10-4-5-11-18(16)22-21-13)20-17-12-6-8-14-7-2-3-9-15(14)17/h2-12H,1H3,(H,20,22). The third kappa shape index (κ3) is 2.07. The second kappa shape index (κ2) is 5.11. The van der Waals surface area contributed by atoms with Gasteiger partial charge >= 0.3 is 0 Å². The van der Waals surface area contributed by atoms with E-state index in [0.29, 0.717) is 0 Å². The van der Waals surface area contributed by atoms with Gasteiger partial charge in [-0.25, -0.2) is 0 Å². The molecule has 0 aliphatic carbocycles. The van der Waals surface area contributed by atoms with Crippen molar-refractivity contribution >= 4 is 33.1 Å². The average Bonchev–Trinajstić information content (AvgIpc) is 2.58. The van der Waals surface area contributed by atoms with Crippen molar-refractivity contribution in [3.63, 3.8) is 0 Å². The summed E-state index contributed by atoms with van der Waals surface area (Å²) in [5, 5.41) is 15.6. The molecule has 1 aromatic heterocycles. The van der Waals surface area contributed by atoms with Gasteiger partial charge in [0.25, 0.3) is 0 Å². The van der Waals surface area contributed by atoms with E-state index in [9.17, 15) is 0 Å². The van der Waals surface area contributed by atoms with Crippen molar-refractivity contribution < 1.29 is 0 Å². The molecule has 106 valence electrons. The molecule has 0 fully saturated rings. The fourth-order valence-electron chi connectivity index (χ4n) is 2.77. The highest BCUT2D eigenvalue weighted by molar-refractivity contribution is 6.00. The van der Waals surface area contributed by atoms with Crippen molar-refractivity contribution in [1.29, 1.82) is 0 Å². The minimum atomic E-state index is 0.895. The van der Waals surface area contributed by atoms with Gasteiger partial charge in [-0.15, -0.1) is 0 Å². The second-order valence-electron chi connectivity index (χ2n) is 5.33. The van der Waals surface area contributed by atoms with Crippen molar-refractivity contribution in [2.24, 2.45) is 0 Å². The molecule has 4 rings (SSSR count). The Kier molecular flexibility index (Phi) is 2.97. The Morgan fingerprint density at radius 2 is 1.45 bits per heavy atom. The number of hydrogen-bond donors (Lipinski definition) is 1. The molecule has 1 N–H and O–H groups in total. The van der Waals surface area contributed by atoms with Gasteiger partial charge in [0, 0.05) is 16.5 Å². The summed E-state index contributed by atoms with van der Waals surface area (Å²) in [5.41, 5.74) is 3.89. The number of aryl methyl sites for hydroxylation is 1. The number of fused-ring (bicyclic) bond motifs is 2. The van der Waals surface area contributed by atoms with Gasteiger partial charge in [0.2, 0.25) is 0 Å². The minimum Gasteiger partial charge on any atom is -0.353 e. The highest BCUT2D eigenvalue weighted by atomic mass is 15.1. The lowest BCUT2D eigenvalue weighted by molar-refractivity contribution is 1.02. The van der Waals surface area contributed by atoms with Crippen molar-refractivity contribution in [2.45, 2.75) is 6.92 Å². The van der Waals surface area contributed by atoms with Crippen molar-refractivity contribution in [2.75, 3.05) is 5.32 Å². The summed E-state index contributed by atoms with van der Waals surface area (Å²) in [4.78, 5) is 0. The highest BCUT2D eigenvalue weighted by Gasteiger charge is 2.09. The first-order valence-corrected chi connectivity index (χ1v) is 7.30. The van der Waals surface area contributed by atoms with Crippen LogP contribution < -0.4 is 5.32 Å². The van der Waals surface area contributed by atoms with E-state index in [-0.39, 0.29) is 0 Å². The highest BCUT2D eigenvalue weighted by Crippen LogP contribution is 2.31. The number of aromatic nitrogens is 2. The lowest BCUT2D eigenvalue weighted by Gasteiger charge is -2.13. The number of benzene rings is 3. The third-order valence-corrected chi connectivity index (χ3v) is 3.89. The molecule has 3 nitrogen and oxygen atoms in total. The summed E-state index contributed by atoms with van der Waals surface area (Å²) in [7, 11) is 0. The largest absolute Gasteiger partial charge is 0.353 e. The predicted molar refractivity (Wildman–Crippen MR) is 91.5 cm³/mol. The van der Waals surface area contributed by atoms with Crippen LogP contribution in [0.3, 0.4) is 0 Å².